The van der Waals surface area contributed by atoms with Crippen molar-refractivity contribution in [1.82, 2.24) is 9.88 Å². The average Bonchev–Trinajstić information content (AvgIpc) is 2.89. The molecule has 96 valence electrons. The van der Waals surface area contributed by atoms with Gasteiger partial charge in [0, 0.05) is 5.54 Å². The molecule has 1 aromatic heterocycles. The highest BCUT2D eigenvalue weighted by molar-refractivity contribution is 7.89. The van der Waals surface area contributed by atoms with Gasteiger partial charge in [-0.15, -0.1) is 0 Å². The summed E-state index contributed by atoms with van der Waals surface area (Å²) in [7, 11) is -3.52. The van der Waals surface area contributed by atoms with E-state index in [0.717, 1.165) is 12.8 Å². The van der Waals surface area contributed by atoms with Gasteiger partial charge in [-0.1, -0.05) is 16.8 Å². The zero-order valence-electron chi connectivity index (χ0n) is 9.60. The molecule has 1 fully saturated rings. The molecular formula is C11H11ClN2O3S. The first-order chi connectivity index (χ1) is 8.40. The van der Waals surface area contributed by atoms with E-state index < -0.39 is 10.0 Å². The summed E-state index contributed by atoms with van der Waals surface area (Å²) in [4.78, 5) is 0.174. The molecule has 7 heteroatoms. The number of nitrogens with one attached hydrogen (secondary N) is 1. The van der Waals surface area contributed by atoms with E-state index >= 15 is 0 Å². The Labute approximate surface area is 109 Å². The molecule has 2 aromatic rings. The van der Waals surface area contributed by atoms with E-state index in [0.29, 0.717) is 11.0 Å². The Morgan fingerprint density at radius 1 is 1.44 bits per heavy atom. The molecule has 18 heavy (non-hydrogen) atoms. The van der Waals surface area contributed by atoms with Gasteiger partial charge in [0.15, 0.2) is 10.7 Å². The molecule has 0 atom stereocenters. The van der Waals surface area contributed by atoms with Gasteiger partial charge in [-0.3, -0.25) is 0 Å². The number of aromatic nitrogens is 1. The molecule has 0 aliphatic heterocycles. The Morgan fingerprint density at radius 3 is 2.83 bits per heavy atom. The molecule has 1 heterocycles. The van der Waals surface area contributed by atoms with Crippen LogP contribution in [0.5, 0.6) is 0 Å². The summed E-state index contributed by atoms with van der Waals surface area (Å²) >= 11 is 5.82. The van der Waals surface area contributed by atoms with E-state index in [4.69, 9.17) is 16.1 Å². The molecule has 1 saturated carbocycles. The standard InChI is InChI=1S/C11H11ClN2O3S/c1-11(4-5-11)14-18(15,16)7-2-3-9-8(6-7)10(12)13-17-9/h2-3,6,14H,4-5H2,1H3. The zero-order chi connectivity index (χ0) is 13.0. The first-order valence-corrected chi connectivity index (χ1v) is 7.35. The van der Waals surface area contributed by atoms with Crippen LogP contribution in [0.15, 0.2) is 27.6 Å². The maximum atomic E-state index is 12.2. The van der Waals surface area contributed by atoms with Crippen LogP contribution in [-0.2, 0) is 10.0 Å². The van der Waals surface area contributed by atoms with Crippen molar-refractivity contribution in [2.75, 3.05) is 0 Å². The van der Waals surface area contributed by atoms with Crippen molar-refractivity contribution in [1.29, 1.82) is 0 Å². The second-order valence-electron chi connectivity index (χ2n) is 4.80. The van der Waals surface area contributed by atoms with E-state index in [1.54, 1.807) is 6.07 Å². The van der Waals surface area contributed by atoms with Crippen LogP contribution < -0.4 is 4.72 Å². The molecule has 1 aromatic carbocycles. The molecule has 1 N–H and O–H groups in total. The van der Waals surface area contributed by atoms with Crippen molar-refractivity contribution in [3.8, 4) is 0 Å². The van der Waals surface area contributed by atoms with Crippen LogP contribution >= 0.6 is 11.6 Å². The van der Waals surface area contributed by atoms with Crippen molar-refractivity contribution >= 4 is 32.6 Å². The number of nitrogens with zero attached hydrogens (tertiary/aromatic N) is 1. The monoisotopic (exact) mass is 286 g/mol. The van der Waals surface area contributed by atoms with E-state index in [1.807, 2.05) is 6.92 Å². The minimum atomic E-state index is -3.52. The first kappa shape index (κ1) is 12.0. The number of halogens is 1. The SMILES string of the molecule is CC1(NS(=O)(=O)c2ccc3onc(Cl)c3c2)CC1. The van der Waals surface area contributed by atoms with Gasteiger partial charge in [-0.25, -0.2) is 13.1 Å². The largest absolute Gasteiger partial charge is 0.355 e. The molecule has 0 amide bonds. The maximum Gasteiger partial charge on any atom is 0.241 e. The summed E-state index contributed by atoms with van der Waals surface area (Å²) in [6.45, 7) is 1.88. The highest BCUT2D eigenvalue weighted by Crippen LogP contribution is 2.36. The molecule has 0 bridgehead atoms. The van der Waals surface area contributed by atoms with Gasteiger partial charge in [0.25, 0.3) is 0 Å². The molecule has 0 radical (unpaired) electrons. The minimum Gasteiger partial charge on any atom is -0.355 e. The molecule has 3 rings (SSSR count). The number of hydrogen-bond acceptors (Lipinski definition) is 4. The molecule has 1 aliphatic carbocycles. The predicted molar refractivity (Wildman–Crippen MR) is 67.0 cm³/mol. The van der Waals surface area contributed by atoms with Crippen molar-refractivity contribution < 1.29 is 12.9 Å². The second kappa shape index (κ2) is 3.69. The smallest absolute Gasteiger partial charge is 0.241 e. The Balaban J connectivity index is 2.05. The van der Waals surface area contributed by atoms with Gasteiger partial charge >= 0.3 is 0 Å². The molecule has 5 nitrogen and oxygen atoms in total. The summed E-state index contributed by atoms with van der Waals surface area (Å²) in [6, 6.07) is 4.51. The van der Waals surface area contributed by atoms with Crippen LogP contribution in [0, 0.1) is 0 Å². The number of benzene rings is 1. The number of hydrogen-bond donors (Lipinski definition) is 1. The Kier molecular flexibility index (Phi) is 2.45. The number of fused-ring (bicyclic) bond motifs is 1. The first-order valence-electron chi connectivity index (χ1n) is 5.49. The highest BCUT2D eigenvalue weighted by atomic mass is 35.5. The molecule has 1 aliphatic rings. The van der Waals surface area contributed by atoms with Crippen LogP contribution in [-0.4, -0.2) is 19.1 Å². The third-order valence-electron chi connectivity index (χ3n) is 3.09. The van der Waals surface area contributed by atoms with E-state index in [-0.39, 0.29) is 15.6 Å². The average molecular weight is 287 g/mol. The third kappa shape index (κ3) is 2.00. The van der Waals surface area contributed by atoms with Gasteiger partial charge in [0.2, 0.25) is 10.0 Å². The summed E-state index contributed by atoms with van der Waals surface area (Å²) in [5, 5.41) is 4.25. The lowest BCUT2D eigenvalue weighted by molar-refractivity contribution is 0.457. The summed E-state index contributed by atoms with van der Waals surface area (Å²) < 4.78 is 31.9. The number of rotatable bonds is 3. The Bertz CT molecular complexity index is 719. The van der Waals surface area contributed by atoms with Gasteiger partial charge in [0.05, 0.1) is 10.3 Å². The van der Waals surface area contributed by atoms with Gasteiger partial charge in [-0.05, 0) is 38.0 Å². The maximum absolute atomic E-state index is 12.2. The van der Waals surface area contributed by atoms with Crippen LogP contribution in [0.3, 0.4) is 0 Å². The fraction of sp³-hybridized carbons (Fsp3) is 0.364. The van der Waals surface area contributed by atoms with Crippen LogP contribution in [0.4, 0.5) is 0 Å². The van der Waals surface area contributed by atoms with E-state index in [9.17, 15) is 8.42 Å². The quantitative estimate of drug-likeness (QED) is 0.940. The van der Waals surface area contributed by atoms with Crippen molar-refractivity contribution in [2.45, 2.75) is 30.2 Å². The lowest BCUT2D eigenvalue weighted by Crippen LogP contribution is -2.34. The van der Waals surface area contributed by atoms with Crippen molar-refractivity contribution in [2.24, 2.45) is 0 Å². The zero-order valence-corrected chi connectivity index (χ0v) is 11.2. The Hall–Kier alpha value is -1.11. The summed E-state index contributed by atoms with van der Waals surface area (Å²) in [5.41, 5.74) is 0.170. The van der Waals surface area contributed by atoms with Crippen LogP contribution in [0.1, 0.15) is 19.8 Å². The lowest BCUT2D eigenvalue weighted by atomic mass is 10.3. The van der Waals surface area contributed by atoms with Crippen molar-refractivity contribution in [3.63, 3.8) is 0 Å². The third-order valence-corrected chi connectivity index (χ3v) is 5.00. The van der Waals surface area contributed by atoms with Gasteiger partial charge in [0.1, 0.15) is 0 Å². The lowest BCUT2D eigenvalue weighted by Gasteiger charge is -2.11. The normalized spacial score (nSPS) is 18.1. The van der Waals surface area contributed by atoms with Gasteiger partial charge in [-0.2, -0.15) is 0 Å². The van der Waals surface area contributed by atoms with Crippen molar-refractivity contribution in [3.05, 3.63) is 23.4 Å². The number of sulfonamides is 1. The van der Waals surface area contributed by atoms with E-state index in [1.165, 1.54) is 12.1 Å². The predicted octanol–water partition coefficient (Wildman–Crippen LogP) is 2.31. The topological polar surface area (TPSA) is 72.2 Å². The fourth-order valence-corrected chi connectivity index (χ4v) is 3.40. The van der Waals surface area contributed by atoms with Gasteiger partial charge < -0.3 is 4.52 Å². The molecule has 0 unspecified atom stereocenters. The van der Waals surface area contributed by atoms with E-state index in [2.05, 4.69) is 9.88 Å². The summed E-state index contributed by atoms with van der Waals surface area (Å²) in [5.74, 6) is 0. The van der Waals surface area contributed by atoms with Crippen LogP contribution in [0.2, 0.25) is 5.15 Å². The Morgan fingerprint density at radius 2 is 2.17 bits per heavy atom. The molecule has 0 saturated heterocycles. The fourth-order valence-electron chi connectivity index (χ4n) is 1.73. The highest BCUT2D eigenvalue weighted by Gasteiger charge is 2.41. The summed E-state index contributed by atoms with van der Waals surface area (Å²) in [6.07, 6.45) is 1.73. The second-order valence-corrected chi connectivity index (χ2v) is 6.84. The molecule has 0 spiro atoms. The van der Waals surface area contributed by atoms with Crippen LogP contribution in [0.25, 0.3) is 11.0 Å². The minimum absolute atomic E-state index is 0.166. The molecular weight excluding hydrogens is 276 g/mol.